The quantitative estimate of drug-likeness (QED) is 0.398. The van der Waals surface area contributed by atoms with Crippen molar-refractivity contribution < 1.29 is 0 Å². The van der Waals surface area contributed by atoms with Crippen molar-refractivity contribution in [3.8, 4) is 0 Å². The number of nitrogens with one attached hydrogen (secondary N) is 2. The summed E-state index contributed by atoms with van der Waals surface area (Å²) in [6.45, 7) is 4.08. The molecule has 2 saturated carbocycles. The molecule has 0 spiro atoms. The maximum absolute atomic E-state index is 4.73. The molecule has 0 aliphatic heterocycles. The van der Waals surface area contributed by atoms with E-state index in [0.717, 1.165) is 30.2 Å². The average molecular weight is 411 g/mol. The van der Waals surface area contributed by atoms with E-state index < -0.39 is 0 Å². The van der Waals surface area contributed by atoms with Gasteiger partial charge in [0, 0.05) is 24.4 Å². The van der Waals surface area contributed by atoms with Gasteiger partial charge in [0.2, 0.25) is 0 Å². The molecule has 0 aromatic carbocycles. The second-order valence-corrected chi connectivity index (χ2v) is 7.00. The SMILES string of the molecule is CCNC(=NCCC1CC1)NC1CCCC(SC)C1.I. The molecule has 20 heavy (non-hydrogen) atoms. The van der Waals surface area contributed by atoms with Crippen LogP contribution in [0.1, 0.15) is 51.9 Å². The van der Waals surface area contributed by atoms with E-state index in [2.05, 4.69) is 23.8 Å². The van der Waals surface area contributed by atoms with Crippen LogP contribution in [0, 0.1) is 5.92 Å². The maximum atomic E-state index is 4.73. The lowest BCUT2D eigenvalue weighted by molar-refractivity contribution is 0.419. The second kappa shape index (κ2) is 10.1. The molecule has 2 aliphatic carbocycles. The molecule has 2 rings (SSSR count). The third-order valence-electron chi connectivity index (χ3n) is 4.15. The third kappa shape index (κ3) is 6.87. The summed E-state index contributed by atoms with van der Waals surface area (Å²) in [6.07, 6.45) is 11.7. The lowest BCUT2D eigenvalue weighted by atomic mass is 9.95. The predicted octanol–water partition coefficient (Wildman–Crippen LogP) is 3.63. The summed E-state index contributed by atoms with van der Waals surface area (Å²) in [5.41, 5.74) is 0. The molecule has 2 fully saturated rings. The first kappa shape index (κ1) is 18.4. The van der Waals surface area contributed by atoms with Crippen LogP contribution < -0.4 is 10.6 Å². The highest BCUT2D eigenvalue weighted by molar-refractivity contribution is 14.0. The molecule has 2 N–H and O–H groups in total. The maximum Gasteiger partial charge on any atom is 0.191 e. The molecule has 0 amide bonds. The minimum absolute atomic E-state index is 0. The van der Waals surface area contributed by atoms with Crippen LogP contribution in [0.4, 0.5) is 0 Å². The lowest BCUT2D eigenvalue weighted by Gasteiger charge is -2.29. The van der Waals surface area contributed by atoms with Crippen LogP contribution in [0.3, 0.4) is 0 Å². The van der Waals surface area contributed by atoms with Gasteiger partial charge in [0.15, 0.2) is 5.96 Å². The molecular weight excluding hydrogens is 381 g/mol. The third-order valence-corrected chi connectivity index (χ3v) is 5.24. The minimum Gasteiger partial charge on any atom is -0.357 e. The minimum atomic E-state index is 0. The first-order chi connectivity index (χ1) is 9.31. The molecule has 0 saturated heterocycles. The topological polar surface area (TPSA) is 36.4 Å². The standard InChI is InChI=1S/C15H29N3S.HI/c1-3-16-15(17-10-9-12-7-8-12)18-13-5-4-6-14(11-13)19-2;/h12-14H,3-11H2,1-2H3,(H2,16,17,18);1H. The van der Waals surface area contributed by atoms with Gasteiger partial charge in [-0.25, -0.2) is 0 Å². The zero-order chi connectivity index (χ0) is 13.5. The monoisotopic (exact) mass is 411 g/mol. The van der Waals surface area contributed by atoms with Gasteiger partial charge in [-0.05, 0) is 44.8 Å². The molecule has 2 unspecified atom stereocenters. The molecule has 0 aromatic heterocycles. The lowest BCUT2D eigenvalue weighted by Crippen LogP contribution is -2.45. The van der Waals surface area contributed by atoms with Crippen molar-refractivity contribution in [3.05, 3.63) is 0 Å². The summed E-state index contributed by atoms with van der Waals surface area (Å²) < 4.78 is 0. The summed E-state index contributed by atoms with van der Waals surface area (Å²) in [5, 5.41) is 7.86. The molecule has 0 heterocycles. The van der Waals surface area contributed by atoms with Crippen molar-refractivity contribution in [2.45, 2.75) is 63.2 Å². The molecule has 3 nitrogen and oxygen atoms in total. The molecule has 0 aromatic rings. The number of aliphatic imine (C=N–C) groups is 1. The van der Waals surface area contributed by atoms with Crippen molar-refractivity contribution in [1.29, 1.82) is 0 Å². The van der Waals surface area contributed by atoms with Crippen LogP contribution in [0.5, 0.6) is 0 Å². The molecular formula is C15H30IN3S. The predicted molar refractivity (Wildman–Crippen MR) is 101 cm³/mol. The fourth-order valence-corrected chi connectivity index (χ4v) is 3.60. The Balaban J connectivity index is 0.00000200. The normalized spacial score (nSPS) is 26.8. The largest absolute Gasteiger partial charge is 0.357 e. The van der Waals surface area contributed by atoms with E-state index in [9.17, 15) is 0 Å². The average Bonchev–Trinajstić information content (AvgIpc) is 3.23. The summed E-state index contributed by atoms with van der Waals surface area (Å²) in [7, 11) is 0. The van der Waals surface area contributed by atoms with Gasteiger partial charge in [0.25, 0.3) is 0 Å². The van der Waals surface area contributed by atoms with E-state index in [0.29, 0.717) is 6.04 Å². The van der Waals surface area contributed by atoms with Gasteiger partial charge < -0.3 is 10.6 Å². The molecule has 0 bridgehead atoms. The fourth-order valence-electron chi connectivity index (χ4n) is 2.77. The zero-order valence-corrected chi connectivity index (χ0v) is 16.0. The highest BCUT2D eigenvalue weighted by Gasteiger charge is 2.22. The van der Waals surface area contributed by atoms with Crippen molar-refractivity contribution in [1.82, 2.24) is 10.6 Å². The van der Waals surface area contributed by atoms with Gasteiger partial charge in [0.05, 0.1) is 0 Å². The fraction of sp³-hybridized carbons (Fsp3) is 0.933. The highest BCUT2D eigenvalue weighted by Crippen LogP contribution is 2.32. The Morgan fingerprint density at radius 1 is 1.25 bits per heavy atom. The number of halogens is 1. The Kier molecular flexibility index (Phi) is 9.33. The number of hydrogen-bond donors (Lipinski definition) is 2. The van der Waals surface area contributed by atoms with Gasteiger partial charge in [-0.15, -0.1) is 24.0 Å². The van der Waals surface area contributed by atoms with Crippen molar-refractivity contribution in [3.63, 3.8) is 0 Å². The van der Waals surface area contributed by atoms with E-state index in [1.54, 1.807) is 0 Å². The first-order valence-electron chi connectivity index (χ1n) is 7.89. The number of nitrogens with zero attached hydrogens (tertiary/aromatic N) is 1. The number of hydrogen-bond acceptors (Lipinski definition) is 2. The van der Waals surface area contributed by atoms with E-state index in [1.807, 2.05) is 11.8 Å². The van der Waals surface area contributed by atoms with E-state index in [-0.39, 0.29) is 24.0 Å². The van der Waals surface area contributed by atoms with Crippen molar-refractivity contribution >= 4 is 41.7 Å². The van der Waals surface area contributed by atoms with Crippen LogP contribution in [0.25, 0.3) is 0 Å². The number of thioether (sulfide) groups is 1. The van der Waals surface area contributed by atoms with Crippen LogP contribution in [-0.2, 0) is 0 Å². The van der Waals surface area contributed by atoms with Crippen molar-refractivity contribution in [2.24, 2.45) is 10.9 Å². The zero-order valence-electron chi connectivity index (χ0n) is 12.9. The number of rotatable bonds is 6. The Morgan fingerprint density at radius 2 is 2.05 bits per heavy atom. The van der Waals surface area contributed by atoms with Gasteiger partial charge >= 0.3 is 0 Å². The Labute approximate surface area is 145 Å². The van der Waals surface area contributed by atoms with Crippen LogP contribution >= 0.6 is 35.7 Å². The van der Waals surface area contributed by atoms with E-state index >= 15 is 0 Å². The van der Waals surface area contributed by atoms with Crippen LogP contribution in [0.15, 0.2) is 4.99 Å². The van der Waals surface area contributed by atoms with Gasteiger partial charge in [-0.2, -0.15) is 11.8 Å². The second-order valence-electron chi connectivity index (χ2n) is 5.86. The smallest absolute Gasteiger partial charge is 0.191 e. The van der Waals surface area contributed by atoms with Gasteiger partial charge in [0.1, 0.15) is 0 Å². The van der Waals surface area contributed by atoms with Gasteiger partial charge in [-0.1, -0.05) is 19.3 Å². The molecule has 2 aliphatic rings. The molecule has 5 heteroatoms. The van der Waals surface area contributed by atoms with E-state index in [1.165, 1.54) is 44.9 Å². The summed E-state index contributed by atoms with van der Waals surface area (Å²) in [4.78, 5) is 4.73. The van der Waals surface area contributed by atoms with Crippen molar-refractivity contribution in [2.75, 3.05) is 19.3 Å². The molecule has 2 atom stereocenters. The summed E-state index contributed by atoms with van der Waals surface area (Å²) >= 11 is 2.02. The number of guanidine groups is 1. The summed E-state index contributed by atoms with van der Waals surface area (Å²) in [5.74, 6) is 2.01. The van der Waals surface area contributed by atoms with Crippen LogP contribution in [0.2, 0.25) is 0 Å². The Morgan fingerprint density at radius 3 is 2.70 bits per heavy atom. The summed E-state index contributed by atoms with van der Waals surface area (Å²) in [6, 6.07) is 0.616. The van der Waals surface area contributed by atoms with E-state index in [4.69, 9.17) is 4.99 Å². The van der Waals surface area contributed by atoms with Crippen LogP contribution in [-0.4, -0.2) is 36.6 Å². The Bertz CT molecular complexity index is 295. The molecule has 118 valence electrons. The molecule has 0 radical (unpaired) electrons. The highest BCUT2D eigenvalue weighted by atomic mass is 127. The van der Waals surface area contributed by atoms with Gasteiger partial charge in [-0.3, -0.25) is 4.99 Å². The first-order valence-corrected chi connectivity index (χ1v) is 9.18. The Hall–Kier alpha value is 0.350.